The van der Waals surface area contributed by atoms with Gasteiger partial charge in [-0.15, -0.1) is 21.5 Å². The molecule has 0 saturated heterocycles. The van der Waals surface area contributed by atoms with Gasteiger partial charge in [-0.25, -0.2) is 0 Å². The number of benzene rings is 1. The lowest BCUT2D eigenvalue weighted by Gasteiger charge is -2.13. The molecule has 1 atom stereocenters. The van der Waals surface area contributed by atoms with Gasteiger partial charge in [0, 0.05) is 17.0 Å². The molecule has 0 bridgehead atoms. The molecule has 0 saturated carbocycles. The Bertz CT molecular complexity index is 874. The Kier molecular flexibility index (Phi) is 6.11. The van der Waals surface area contributed by atoms with Gasteiger partial charge in [-0.3, -0.25) is 4.79 Å². The molecule has 1 N–H and O–H groups in total. The molecule has 0 spiro atoms. The fourth-order valence-electron chi connectivity index (χ4n) is 2.63. The molecule has 0 radical (unpaired) electrons. The zero-order valence-corrected chi connectivity index (χ0v) is 16.7. The smallest absolute Gasteiger partial charge is 0.233 e. The number of thioether (sulfide) groups is 1. The van der Waals surface area contributed by atoms with E-state index < -0.39 is 0 Å². The number of aryl methyl sites for hydroxylation is 1. The predicted molar refractivity (Wildman–Crippen MR) is 107 cm³/mol. The summed E-state index contributed by atoms with van der Waals surface area (Å²) in [6, 6.07) is 12.1. The van der Waals surface area contributed by atoms with Gasteiger partial charge >= 0.3 is 0 Å². The first kappa shape index (κ1) is 18.7. The van der Waals surface area contributed by atoms with Crippen LogP contribution in [-0.2, 0) is 17.9 Å². The second-order valence-corrected chi connectivity index (χ2v) is 8.26. The van der Waals surface area contributed by atoms with Crippen molar-refractivity contribution in [1.29, 1.82) is 0 Å². The van der Waals surface area contributed by atoms with E-state index >= 15 is 0 Å². The molecule has 136 valence electrons. The lowest BCUT2D eigenvalue weighted by atomic mass is 10.1. The van der Waals surface area contributed by atoms with Crippen molar-refractivity contribution in [3.63, 3.8) is 0 Å². The van der Waals surface area contributed by atoms with E-state index in [2.05, 4.69) is 46.1 Å². The summed E-state index contributed by atoms with van der Waals surface area (Å²) in [5.41, 5.74) is 2.23. The van der Waals surface area contributed by atoms with Crippen molar-refractivity contribution < 1.29 is 4.79 Å². The second-order valence-electron chi connectivity index (χ2n) is 5.92. The van der Waals surface area contributed by atoms with Crippen LogP contribution >= 0.6 is 23.1 Å². The van der Waals surface area contributed by atoms with Gasteiger partial charge in [0.15, 0.2) is 11.0 Å². The lowest BCUT2D eigenvalue weighted by Crippen LogP contribution is -2.30. The highest BCUT2D eigenvalue weighted by molar-refractivity contribution is 8.00. The first-order valence-electron chi connectivity index (χ1n) is 8.56. The topological polar surface area (TPSA) is 59.8 Å². The second kappa shape index (κ2) is 8.51. The van der Waals surface area contributed by atoms with Crippen LogP contribution in [0.3, 0.4) is 0 Å². The fourth-order valence-corrected chi connectivity index (χ4v) is 4.21. The number of nitrogens with one attached hydrogen (secondary N) is 1. The Morgan fingerprint density at radius 1 is 1.27 bits per heavy atom. The molecule has 1 unspecified atom stereocenters. The van der Waals surface area contributed by atoms with Crippen LogP contribution in [0.15, 0.2) is 46.9 Å². The molecular weight excluding hydrogens is 364 g/mol. The Morgan fingerprint density at radius 2 is 2.08 bits per heavy atom. The zero-order valence-electron chi connectivity index (χ0n) is 15.1. The molecule has 0 fully saturated rings. The van der Waals surface area contributed by atoms with Crippen LogP contribution in [0.1, 0.15) is 24.3 Å². The number of thiophene rings is 1. The average molecular weight is 387 g/mol. The van der Waals surface area contributed by atoms with Crippen LogP contribution in [0, 0.1) is 6.92 Å². The molecule has 1 aromatic carbocycles. The first-order chi connectivity index (χ1) is 12.6. The maximum Gasteiger partial charge on any atom is 0.233 e. The minimum absolute atomic E-state index is 0.00601. The average Bonchev–Trinajstić information content (AvgIpc) is 3.29. The number of carbonyl (C=O) groups excluding carboxylic acids is 1. The monoisotopic (exact) mass is 386 g/mol. The van der Waals surface area contributed by atoms with Crippen molar-refractivity contribution in [3.8, 4) is 11.4 Å². The fraction of sp³-hybridized carbons (Fsp3) is 0.316. The number of aromatic nitrogens is 3. The van der Waals surface area contributed by atoms with Gasteiger partial charge in [-0.1, -0.05) is 42.1 Å². The van der Waals surface area contributed by atoms with E-state index in [0.717, 1.165) is 33.5 Å². The van der Waals surface area contributed by atoms with E-state index in [1.165, 1.54) is 11.8 Å². The van der Waals surface area contributed by atoms with E-state index in [0.29, 0.717) is 6.54 Å². The van der Waals surface area contributed by atoms with Crippen molar-refractivity contribution >= 4 is 29.0 Å². The zero-order chi connectivity index (χ0) is 18.5. The van der Waals surface area contributed by atoms with Crippen molar-refractivity contribution in [2.75, 3.05) is 0 Å². The normalized spacial score (nSPS) is 12.1. The number of nitrogens with zero attached hydrogens (tertiary/aromatic N) is 3. The summed E-state index contributed by atoms with van der Waals surface area (Å²) >= 11 is 3.08. The summed E-state index contributed by atoms with van der Waals surface area (Å²) in [6.07, 6.45) is 0. The molecule has 26 heavy (non-hydrogen) atoms. The van der Waals surface area contributed by atoms with Crippen molar-refractivity contribution in [2.45, 2.75) is 44.3 Å². The van der Waals surface area contributed by atoms with Crippen molar-refractivity contribution in [2.24, 2.45) is 0 Å². The Labute approximate surface area is 161 Å². The maximum absolute atomic E-state index is 12.4. The van der Waals surface area contributed by atoms with Gasteiger partial charge in [0.1, 0.15) is 0 Å². The van der Waals surface area contributed by atoms with Crippen LogP contribution in [0.25, 0.3) is 11.4 Å². The molecule has 0 aliphatic carbocycles. The van der Waals surface area contributed by atoms with Crippen LogP contribution < -0.4 is 5.32 Å². The van der Waals surface area contributed by atoms with Crippen LogP contribution in [0.5, 0.6) is 0 Å². The summed E-state index contributed by atoms with van der Waals surface area (Å²) in [4.78, 5) is 13.5. The van der Waals surface area contributed by atoms with E-state index in [1.54, 1.807) is 11.3 Å². The van der Waals surface area contributed by atoms with E-state index in [9.17, 15) is 4.79 Å². The van der Waals surface area contributed by atoms with Gasteiger partial charge in [-0.2, -0.15) is 0 Å². The molecule has 3 rings (SSSR count). The van der Waals surface area contributed by atoms with Crippen LogP contribution in [0.4, 0.5) is 0 Å². The summed E-state index contributed by atoms with van der Waals surface area (Å²) in [5.74, 6) is 0.853. The Morgan fingerprint density at radius 3 is 2.77 bits per heavy atom. The van der Waals surface area contributed by atoms with Crippen LogP contribution in [0.2, 0.25) is 0 Å². The van der Waals surface area contributed by atoms with E-state index in [4.69, 9.17) is 0 Å². The Balaban J connectivity index is 1.71. The highest BCUT2D eigenvalue weighted by Crippen LogP contribution is 2.28. The van der Waals surface area contributed by atoms with Crippen LogP contribution in [-0.4, -0.2) is 25.9 Å². The summed E-state index contributed by atoms with van der Waals surface area (Å²) in [7, 11) is 0. The van der Waals surface area contributed by atoms with Gasteiger partial charge in [-0.05, 0) is 37.8 Å². The number of rotatable bonds is 7. The molecule has 1 amide bonds. The number of hydrogen-bond acceptors (Lipinski definition) is 5. The Hall–Kier alpha value is -2.12. The molecular formula is C19H22N4OS2. The molecule has 2 aromatic heterocycles. The molecule has 3 aromatic rings. The molecule has 2 heterocycles. The van der Waals surface area contributed by atoms with E-state index in [1.807, 2.05) is 36.6 Å². The summed E-state index contributed by atoms with van der Waals surface area (Å²) in [5, 5.41) is 14.2. The molecule has 0 aliphatic rings. The third-order valence-electron chi connectivity index (χ3n) is 4.09. The SMILES string of the molecule is CCn1c(SC(C)C(=O)NCc2cccs2)nnc1-c1ccccc1C. The van der Waals surface area contributed by atoms with Gasteiger partial charge in [0.2, 0.25) is 5.91 Å². The number of hydrogen-bond donors (Lipinski definition) is 1. The van der Waals surface area contributed by atoms with E-state index in [-0.39, 0.29) is 11.2 Å². The largest absolute Gasteiger partial charge is 0.350 e. The lowest BCUT2D eigenvalue weighted by molar-refractivity contribution is -0.120. The minimum atomic E-state index is -0.241. The van der Waals surface area contributed by atoms with Gasteiger partial charge in [0.05, 0.1) is 11.8 Å². The van der Waals surface area contributed by atoms with Gasteiger partial charge in [0.25, 0.3) is 0 Å². The standard InChI is InChI=1S/C19H22N4OS2/c1-4-23-17(16-10-6-5-8-13(16)2)21-22-19(23)26-14(3)18(24)20-12-15-9-7-11-25-15/h5-11,14H,4,12H2,1-3H3,(H,20,24). The van der Waals surface area contributed by atoms with Crippen molar-refractivity contribution in [1.82, 2.24) is 20.1 Å². The molecule has 5 nitrogen and oxygen atoms in total. The minimum Gasteiger partial charge on any atom is -0.350 e. The number of amides is 1. The third-order valence-corrected chi connectivity index (χ3v) is 6.04. The molecule has 7 heteroatoms. The highest BCUT2D eigenvalue weighted by atomic mass is 32.2. The first-order valence-corrected chi connectivity index (χ1v) is 10.3. The predicted octanol–water partition coefficient (Wildman–Crippen LogP) is 4.13. The van der Waals surface area contributed by atoms with Crippen molar-refractivity contribution in [3.05, 3.63) is 52.2 Å². The third kappa shape index (κ3) is 4.16. The summed E-state index contributed by atoms with van der Waals surface area (Å²) in [6.45, 7) is 7.35. The molecule has 0 aliphatic heterocycles. The quantitative estimate of drug-likeness (QED) is 0.620. The number of carbonyl (C=O) groups is 1. The maximum atomic E-state index is 12.4. The van der Waals surface area contributed by atoms with Gasteiger partial charge < -0.3 is 9.88 Å². The highest BCUT2D eigenvalue weighted by Gasteiger charge is 2.20. The summed E-state index contributed by atoms with van der Waals surface area (Å²) < 4.78 is 2.07.